The second-order valence-electron chi connectivity index (χ2n) is 8.37. The summed E-state index contributed by atoms with van der Waals surface area (Å²) in [6, 6.07) is 7.86. The molecule has 0 heterocycles. The Kier molecular flexibility index (Phi) is 12.2. The molecule has 0 radical (unpaired) electrons. The molecule has 2 unspecified atom stereocenters. The molecule has 4 N–H and O–H groups in total. The van der Waals surface area contributed by atoms with E-state index in [2.05, 4.69) is 9.47 Å². The zero-order valence-corrected chi connectivity index (χ0v) is 21.1. The molecule has 2 atom stereocenters. The maximum absolute atomic E-state index is 10.4. The van der Waals surface area contributed by atoms with Gasteiger partial charge in [-0.3, -0.25) is 9.59 Å². The van der Waals surface area contributed by atoms with Crippen LogP contribution in [0.5, 0.6) is 11.5 Å². The number of hydrogen-bond acceptors (Lipinski definition) is 9. The van der Waals surface area contributed by atoms with Crippen molar-refractivity contribution in [2.24, 2.45) is 0 Å². The minimum absolute atomic E-state index is 0.0790. The topological polar surface area (TPSA) is 143 Å². The van der Waals surface area contributed by atoms with Crippen LogP contribution in [-0.2, 0) is 23.8 Å². The molecule has 0 aliphatic carbocycles. The Balaban J connectivity index is 0.000000351. The first-order valence-electron chi connectivity index (χ1n) is 11.1. The number of ether oxygens (including phenoxy) is 3. The highest BCUT2D eigenvalue weighted by molar-refractivity contribution is 5.70. The van der Waals surface area contributed by atoms with Gasteiger partial charge in [0.2, 0.25) is 0 Å². The van der Waals surface area contributed by atoms with E-state index in [4.69, 9.17) is 4.74 Å². The van der Waals surface area contributed by atoms with Crippen LogP contribution in [0.1, 0.15) is 36.1 Å². The van der Waals surface area contributed by atoms with Gasteiger partial charge < -0.3 is 34.6 Å². The molecule has 0 spiro atoms. The Morgan fingerprint density at radius 1 is 0.657 bits per heavy atom. The Morgan fingerprint density at radius 2 is 0.943 bits per heavy atom. The number of carbonyl (C=O) groups is 2. The fraction of sp³-hybridized carbons (Fsp3) is 0.462. The molecule has 0 aliphatic rings. The van der Waals surface area contributed by atoms with Crippen LogP contribution in [0.25, 0.3) is 11.1 Å². The maximum Gasteiger partial charge on any atom is 0.302 e. The highest BCUT2D eigenvalue weighted by Crippen LogP contribution is 2.32. The van der Waals surface area contributed by atoms with Gasteiger partial charge >= 0.3 is 11.9 Å². The molecule has 9 heteroatoms. The van der Waals surface area contributed by atoms with Gasteiger partial charge in [-0.25, -0.2) is 0 Å². The van der Waals surface area contributed by atoms with E-state index in [1.54, 1.807) is 0 Å². The zero-order valence-electron chi connectivity index (χ0n) is 21.1. The van der Waals surface area contributed by atoms with Crippen LogP contribution in [0.2, 0.25) is 0 Å². The van der Waals surface area contributed by atoms with E-state index in [1.807, 2.05) is 52.0 Å². The standard InChI is InChI=1S/C16H18O2.C10H18O7/c1-9-5-13(6-10(2)15(9)17)14-7-11(3)16(18)12(4)8-14;1-7(11)16-5-9(13)3-15-4-10(14)6-17-8(2)12/h5-8,17-18H,1-4H3;9-10,13-14H,3-6H2,1-2H3. The molecule has 2 aromatic carbocycles. The van der Waals surface area contributed by atoms with E-state index in [0.29, 0.717) is 11.5 Å². The average molecular weight is 493 g/mol. The van der Waals surface area contributed by atoms with E-state index in [9.17, 15) is 30.0 Å². The molecular formula is C26H36O9. The highest BCUT2D eigenvalue weighted by atomic mass is 16.6. The molecule has 9 nitrogen and oxygen atoms in total. The van der Waals surface area contributed by atoms with Crippen molar-refractivity contribution >= 4 is 11.9 Å². The van der Waals surface area contributed by atoms with E-state index >= 15 is 0 Å². The third-order valence-corrected chi connectivity index (χ3v) is 4.89. The van der Waals surface area contributed by atoms with Crippen LogP contribution in [-0.4, -0.2) is 71.0 Å². The summed E-state index contributed by atoms with van der Waals surface area (Å²) in [5.74, 6) is -0.269. The van der Waals surface area contributed by atoms with Gasteiger partial charge in [0.25, 0.3) is 0 Å². The summed E-state index contributed by atoms with van der Waals surface area (Å²) in [4.78, 5) is 20.8. The summed E-state index contributed by atoms with van der Waals surface area (Å²) in [5, 5.41) is 38.1. The molecule has 0 saturated heterocycles. The number of carbonyl (C=O) groups excluding carboxylic acids is 2. The van der Waals surface area contributed by atoms with Gasteiger partial charge in [-0.1, -0.05) is 0 Å². The fourth-order valence-corrected chi connectivity index (χ4v) is 3.11. The molecule has 35 heavy (non-hydrogen) atoms. The summed E-state index contributed by atoms with van der Waals surface area (Å²) < 4.78 is 14.0. The number of aliphatic hydroxyl groups excluding tert-OH is 2. The van der Waals surface area contributed by atoms with Gasteiger partial charge in [0.05, 0.1) is 13.2 Å². The number of aliphatic hydroxyl groups is 2. The summed E-state index contributed by atoms with van der Waals surface area (Å²) in [7, 11) is 0. The number of aryl methyl sites for hydroxylation is 4. The van der Waals surface area contributed by atoms with Crippen molar-refractivity contribution in [1.82, 2.24) is 0 Å². The molecule has 0 fully saturated rings. The largest absolute Gasteiger partial charge is 0.507 e. The number of rotatable bonds is 9. The van der Waals surface area contributed by atoms with Crippen molar-refractivity contribution in [3.63, 3.8) is 0 Å². The molecule has 0 amide bonds. The van der Waals surface area contributed by atoms with Gasteiger partial charge in [-0.15, -0.1) is 0 Å². The first kappa shape index (κ1) is 29.9. The van der Waals surface area contributed by atoms with Crippen molar-refractivity contribution < 1.29 is 44.2 Å². The number of benzene rings is 2. The lowest BCUT2D eigenvalue weighted by molar-refractivity contribution is -0.146. The SMILES string of the molecule is CC(=O)OCC(O)COCC(O)COC(C)=O.Cc1cc(-c2cc(C)c(O)c(C)c2)cc(C)c1O. The molecule has 2 rings (SSSR count). The van der Waals surface area contributed by atoms with E-state index in [-0.39, 0.29) is 26.4 Å². The Hall–Kier alpha value is -3.14. The van der Waals surface area contributed by atoms with Gasteiger partial charge in [0.1, 0.15) is 36.9 Å². The number of phenolic OH excluding ortho intramolecular Hbond substituents is 2. The summed E-state index contributed by atoms with van der Waals surface area (Å²) in [6.07, 6.45) is -1.89. The molecule has 0 aliphatic heterocycles. The number of phenols is 2. The third-order valence-electron chi connectivity index (χ3n) is 4.89. The first-order valence-corrected chi connectivity index (χ1v) is 11.1. The lowest BCUT2D eigenvalue weighted by Crippen LogP contribution is -2.28. The number of esters is 2. The average Bonchev–Trinajstić information content (AvgIpc) is 2.78. The van der Waals surface area contributed by atoms with E-state index in [0.717, 1.165) is 33.4 Å². The Labute approximate surface area is 205 Å². The van der Waals surface area contributed by atoms with Crippen LogP contribution in [0.3, 0.4) is 0 Å². The summed E-state index contributed by atoms with van der Waals surface area (Å²) in [5.41, 5.74) is 5.60. The predicted molar refractivity (Wildman–Crippen MR) is 130 cm³/mol. The van der Waals surface area contributed by atoms with Gasteiger partial charge in [0.15, 0.2) is 0 Å². The minimum atomic E-state index is -0.945. The fourth-order valence-electron chi connectivity index (χ4n) is 3.11. The van der Waals surface area contributed by atoms with E-state index in [1.165, 1.54) is 13.8 Å². The van der Waals surface area contributed by atoms with E-state index < -0.39 is 24.1 Å². The minimum Gasteiger partial charge on any atom is -0.507 e. The maximum atomic E-state index is 10.4. The van der Waals surface area contributed by atoms with Gasteiger partial charge in [-0.2, -0.15) is 0 Å². The first-order chi connectivity index (χ1) is 16.3. The van der Waals surface area contributed by atoms with Crippen LogP contribution >= 0.6 is 0 Å². The Bertz CT molecular complexity index is 875. The monoisotopic (exact) mass is 492 g/mol. The second kappa shape index (κ2) is 14.3. The van der Waals surface area contributed by atoms with Crippen molar-refractivity contribution in [2.45, 2.75) is 53.8 Å². The number of aromatic hydroxyl groups is 2. The predicted octanol–water partition coefficient (Wildman–Crippen LogP) is 2.85. The van der Waals surface area contributed by atoms with Crippen LogP contribution in [0.4, 0.5) is 0 Å². The summed E-state index contributed by atoms with van der Waals surface area (Å²) in [6.45, 7) is 9.57. The molecule has 0 saturated carbocycles. The quantitative estimate of drug-likeness (QED) is 0.389. The molecule has 0 aromatic heterocycles. The highest BCUT2D eigenvalue weighted by Gasteiger charge is 2.11. The smallest absolute Gasteiger partial charge is 0.302 e. The molecular weight excluding hydrogens is 456 g/mol. The second-order valence-corrected chi connectivity index (χ2v) is 8.37. The van der Waals surface area contributed by atoms with Crippen LogP contribution in [0.15, 0.2) is 24.3 Å². The van der Waals surface area contributed by atoms with Crippen molar-refractivity contribution in [2.75, 3.05) is 26.4 Å². The van der Waals surface area contributed by atoms with Gasteiger partial charge in [0, 0.05) is 13.8 Å². The lowest BCUT2D eigenvalue weighted by Gasteiger charge is -2.14. The normalized spacial score (nSPS) is 12.2. The van der Waals surface area contributed by atoms with Crippen LogP contribution in [0, 0.1) is 27.7 Å². The van der Waals surface area contributed by atoms with Crippen molar-refractivity contribution in [1.29, 1.82) is 0 Å². The zero-order chi connectivity index (χ0) is 26.7. The third kappa shape index (κ3) is 10.8. The molecule has 194 valence electrons. The lowest BCUT2D eigenvalue weighted by atomic mass is 9.96. The van der Waals surface area contributed by atoms with Crippen LogP contribution < -0.4 is 0 Å². The Morgan fingerprint density at radius 3 is 1.20 bits per heavy atom. The summed E-state index contributed by atoms with van der Waals surface area (Å²) >= 11 is 0. The van der Waals surface area contributed by atoms with Crippen molar-refractivity contribution in [3.05, 3.63) is 46.5 Å². The number of hydrogen-bond donors (Lipinski definition) is 4. The molecule has 2 aromatic rings. The molecule has 0 bridgehead atoms. The van der Waals surface area contributed by atoms with Gasteiger partial charge in [-0.05, 0) is 85.3 Å². The van der Waals surface area contributed by atoms with Crippen molar-refractivity contribution in [3.8, 4) is 22.6 Å².